The lowest BCUT2D eigenvalue weighted by Gasteiger charge is -2.38. The van der Waals surface area contributed by atoms with E-state index in [0.717, 1.165) is 18.5 Å². The smallest absolute Gasteiger partial charge is 0.0177 e. The first-order valence-corrected chi connectivity index (χ1v) is 8.60. The van der Waals surface area contributed by atoms with E-state index in [1.807, 2.05) is 0 Å². The first-order chi connectivity index (χ1) is 10.1. The molecule has 3 rings (SSSR count). The summed E-state index contributed by atoms with van der Waals surface area (Å²) in [5.74, 6) is 0.980. The molecule has 1 aliphatic heterocycles. The predicted octanol–water partition coefficient (Wildman–Crippen LogP) is 3.43. The Labute approximate surface area is 129 Å². The van der Waals surface area contributed by atoms with Crippen molar-refractivity contribution in [1.82, 2.24) is 10.2 Å². The Morgan fingerprint density at radius 1 is 1.24 bits per heavy atom. The summed E-state index contributed by atoms with van der Waals surface area (Å²) in [4.78, 5) is 2.77. The van der Waals surface area contributed by atoms with Crippen molar-refractivity contribution in [3.63, 3.8) is 0 Å². The van der Waals surface area contributed by atoms with E-state index in [4.69, 9.17) is 0 Å². The summed E-state index contributed by atoms with van der Waals surface area (Å²) < 4.78 is 0. The lowest BCUT2D eigenvalue weighted by Crippen LogP contribution is -2.48. The van der Waals surface area contributed by atoms with Crippen LogP contribution in [-0.4, -0.2) is 36.6 Å². The highest BCUT2D eigenvalue weighted by Gasteiger charge is 2.41. The molecule has 0 spiro atoms. The quantitative estimate of drug-likeness (QED) is 0.862. The standard InChI is InChI=1S/C19H30N2/c1-15(2)20-13-19(3,17-7-5-4-6-8-17)14-21-12-16-9-10-18(21)11-16/h4-8,15-16,18,20H,9-14H2,1-3H3. The first-order valence-electron chi connectivity index (χ1n) is 8.60. The molecule has 0 aromatic heterocycles. The first kappa shape index (κ1) is 15.1. The van der Waals surface area contributed by atoms with Crippen LogP contribution in [0.25, 0.3) is 0 Å². The lowest BCUT2D eigenvalue weighted by molar-refractivity contribution is 0.166. The van der Waals surface area contributed by atoms with Gasteiger partial charge >= 0.3 is 0 Å². The summed E-state index contributed by atoms with van der Waals surface area (Å²) in [7, 11) is 0. The topological polar surface area (TPSA) is 15.3 Å². The Morgan fingerprint density at radius 2 is 2.00 bits per heavy atom. The van der Waals surface area contributed by atoms with Crippen molar-refractivity contribution in [3.05, 3.63) is 35.9 Å². The molecule has 3 unspecified atom stereocenters. The van der Waals surface area contributed by atoms with Gasteiger partial charge in [0.1, 0.15) is 0 Å². The molecular weight excluding hydrogens is 256 g/mol. The number of rotatable bonds is 6. The molecule has 2 fully saturated rings. The van der Waals surface area contributed by atoms with Crippen LogP contribution in [-0.2, 0) is 5.41 Å². The molecule has 1 aromatic rings. The minimum absolute atomic E-state index is 0.204. The van der Waals surface area contributed by atoms with Gasteiger partial charge in [-0.05, 0) is 30.7 Å². The summed E-state index contributed by atoms with van der Waals surface area (Å²) in [6.45, 7) is 10.5. The van der Waals surface area contributed by atoms with E-state index in [0.29, 0.717) is 6.04 Å². The number of hydrogen-bond donors (Lipinski definition) is 1. The van der Waals surface area contributed by atoms with Crippen LogP contribution in [0.1, 0.15) is 45.6 Å². The Bertz CT molecular complexity index is 456. The highest BCUT2D eigenvalue weighted by atomic mass is 15.2. The number of nitrogens with one attached hydrogen (secondary N) is 1. The van der Waals surface area contributed by atoms with Crippen LogP contribution in [0.4, 0.5) is 0 Å². The van der Waals surface area contributed by atoms with Crippen LogP contribution in [0.2, 0.25) is 0 Å². The van der Waals surface area contributed by atoms with Crippen LogP contribution in [0.15, 0.2) is 30.3 Å². The van der Waals surface area contributed by atoms with Gasteiger partial charge in [-0.15, -0.1) is 0 Å². The van der Waals surface area contributed by atoms with Crippen molar-refractivity contribution < 1.29 is 0 Å². The monoisotopic (exact) mass is 286 g/mol. The molecule has 1 aliphatic carbocycles. The van der Waals surface area contributed by atoms with E-state index >= 15 is 0 Å². The van der Waals surface area contributed by atoms with E-state index < -0.39 is 0 Å². The van der Waals surface area contributed by atoms with E-state index in [1.54, 1.807) is 0 Å². The molecule has 1 saturated heterocycles. The zero-order chi connectivity index (χ0) is 14.9. The molecule has 1 saturated carbocycles. The molecule has 2 aliphatic rings. The summed E-state index contributed by atoms with van der Waals surface area (Å²) in [5.41, 5.74) is 1.68. The van der Waals surface area contributed by atoms with Gasteiger partial charge in [0, 0.05) is 37.1 Å². The fraction of sp³-hybridized carbons (Fsp3) is 0.684. The van der Waals surface area contributed by atoms with Crippen LogP contribution in [0, 0.1) is 5.92 Å². The van der Waals surface area contributed by atoms with E-state index in [1.165, 1.54) is 37.9 Å². The second-order valence-corrected chi connectivity index (χ2v) is 7.72. The van der Waals surface area contributed by atoms with Crippen molar-refractivity contribution in [2.45, 2.75) is 57.5 Å². The Balaban J connectivity index is 1.75. The summed E-state index contributed by atoms with van der Waals surface area (Å²) in [6.07, 6.45) is 4.34. The molecule has 2 nitrogen and oxygen atoms in total. The molecule has 0 radical (unpaired) electrons. The van der Waals surface area contributed by atoms with Gasteiger partial charge in [0.15, 0.2) is 0 Å². The summed E-state index contributed by atoms with van der Waals surface area (Å²) in [5, 5.41) is 3.68. The van der Waals surface area contributed by atoms with Gasteiger partial charge in [-0.2, -0.15) is 0 Å². The average Bonchev–Trinajstić information content (AvgIpc) is 3.09. The second kappa shape index (κ2) is 6.10. The minimum Gasteiger partial charge on any atom is -0.314 e. The van der Waals surface area contributed by atoms with Gasteiger partial charge in [0.25, 0.3) is 0 Å². The molecule has 116 valence electrons. The molecule has 3 atom stereocenters. The predicted molar refractivity (Wildman–Crippen MR) is 89.6 cm³/mol. The van der Waals surface area contributed by atoms with E-state index in [9.17, 15) is 0 Å². The zero-order valence-corrected chi connectivity index (χ0v) is 13.8. The van der Waals surface area contributed by atoms with Gasteiger partial charge in [0.2, 0.25) is 0 Å². The maximum Gasteiger partial charge on any atom is 0.0177 e. The maximum absolute atomic E-state index is 3.68. The van der Waals surface area contributed by atoms with Crippen molar-refractivity contribution >= 4 is 0 Å². The highest BCUT2D eigenvalue weighted by molar-refractivity contribution is 5.26. The highest BCUT2D eigenvalue weighted by Crippen LogP contribution is 2.39. The van der Waals surface area contributed by atoms with Gasteiger partial charge < -0.3 is 5.32 Å². The summed E-state index contributed by atoms with van der Waals surface area (Å²) >= 11 is 0. The SMILES string of the molecule is CC(C)NCC(C)(CN1CC2CCC1C2)c1ccccc1. The molecule has 1 aromatic carbocycles. The fourth-order valence-corrected chi connectivity index (χ4v) is 4.19. The average molecular weight is 286 g/mol. The number of hydrogen-bond acceptors (Lipinski definition) is 2. The number of nitrogens with zero attached hydrogens (tertiary/aromatic N) is 1. The van der Waals surface area contributed by atoms with Crippen LogP contribution < -0.4 is 5.32 Å². The third-order valence-electron chi connectivity index (χ3n) is 5.45. The van der Waals surface area contributed by atoms with Crippen LogP contribution in [0.3, 0.4) is 0 Å². The van der Waals surface area contributed by atoms with Crippen molar-refractivity contribution in [2.24, 2.45) is 5.92 Å². The van der Waals surface area contributed by atoms with E-state index in [-0.39, 0.29) is 5.41 Å². The third kappa shape index (κ3) is 3.32. The number of piperidine rings is 1. The van der Waals surface area contributed by atoms with E-state index in [2.05, 4.69) is 61.3 Å². The molecule has 0 amide bonds. The fourth-order valence-electron chi connectivity index (χ4n) is 4.19. The van der Waals surface area contributed by atoms with Crippen molar-refractivity contribution in [2.75, 3.05) is 19.6 Å². The molecule has 2 heteroatoms. The number of fused-ring (bicyclic) bond motifs is 2. The zero-order valence-electron chi connectivity index (χ0n) is 13.8. The Kier molecular flexibility index (Phi) is 4.37. The number of likely N-dealkylation sites (tertiary alicyclic amines) is 1. The molecule has 1 heterocycles. The number of benzene rings is 1. The molecule has 1 N–H and O–H groups in total. The molecular formula is C19H30N2. The normalized spacial score (nSPS) is 28.2. The van der Waals surface area contributed by atoms with Gasteiger partial charge in [-0.25, -0.2) is 0 Å². The molecule has 2 bridgehead atoms. The second-order valence-electron chi connectivity index (χ2n) is 7.72. The lowest BCUT2D eigenvalue weighted by atomic mass is 9.81. The van der Waals surface area contributed by atoms with Gasteiger partial charge in [-0.3, -0.25) is 4.90 Å². The third-order valence-corrected chi connectivity index (χ3v) is 5.45. The maximum atomic E-state index is 3.68. The van der Waals surface area contributed by atoms with Crippen molar-refractivity contribution in [3.8, 4) is 0 Å². The summed E-state index contributed by atoms with van der Waals surface area (Å²) in [6, 6.07) is 12.5. The Hall–Kier alpha value is -0.860. The minimum atomic E-state index is 0.204. The Morgan fingerprint density at radius 3 is 2.57 bits per heavy atom. The van der Waals surface area contributed by atoms with Crippen LogP contribution >= 0.6 is 0 Å². The molecule has 21 heavy (non-hydrogen) atoms. The van der Waals surface area contributed by atoms with Gasteiger partial charge in [0.05, 0.1) is 0 Å². The largest absolute Gasteiger partial charge is 0.314 e. The van der Waals surface area contributed by atoms with Crippen LogP contribution in [0.5, 0.6) is 0 Å². The van der Waals surface area contributed by atoms with Crippen molar-refractivity contribution in [1.29, 1.82) is 0 Å². The van der Waals surface area contributed by atoms with Gasteiger partial charge in [-0.1, -0.05) is 51.1 Å².